The van der Waals surface area contributed by atoms with E-state index in [-0.39, 0.29) is 11.9 Å². The number of aliphatic imine (C=N–C) groups is 1. The van der Waals surface area contributed by atoms with Crippen molar-refractivity contribution in [1.82, 2.24) is 4.90 Å². The fourth-order valence-electron chi connectivity index (χ4n) is 3.71. The Morgan fingerprint density at radius 2 is 1.56 bits per heavy atom. The lowest BCUT2D eigenvalue weighted by Gasteiger charge is -2.26. The Kier molecular flexibility index (Phi) is 7.37. The minimum absolute atomic E-state index is 0.165. The number of carbonyl (C=O) groups is 2. The van der Waals surface area contributed by atoms with Gasteiger partial charge in [0.25, 0.3) is 5.91 Å². The highest BCUT2D eigenvalue weighted by atomic mass is 19.4. The third kappa shape index (κ3) is 5.17. The molecule has 1 atom stereocenters. The monoisotopic (exact) mass is 499 g/mol. The summed E-state index contributed by atoms with van der Waals surface area (Å²) in [5.74, 6) is -1.93. The molecule has 0 saturated heterocycles. The van der Waals surface area contributed by atoms with Gasteiger partial charge in [-0.3, -0.25) is 9.69 Å². The van der Waals surface area contributed by atoms with E-state index in [0.717, 1.165) is 33.6 Å². The predicted molar refractivity (Wildman–Crippen MR) is 128 cm³/mol. The van der Waals surface area contributed by atoms with Crippen LogP contribution in [0.4, 0.5) is 13.2 Å². The van der Waals surface area contributed by atoms with E-state index in [9.17, 15) is 18.0 Å². The molecule has 1 unspecified atom stereocenters. The summed E-state index contributed by atoms with van der Waals surface area (Å²) in [4.78, 5) is 28.4. The van der Waals surface area contributed by atoms with Crippen molar-refractivity contribution in [2.75, 3.05) is 14.2 Å². The summed E-state index contributed by atoms with van der Waals surface area (Å²) in [6, 6.07) is 23.6. The lowest BCUT2D eigenvalue weighted by atomic mass is 9.81. The van der Waals surface area contributed by atoms with Gasteiger partial charge in [0.1, 0.15) is 5.75 Å². The van der Waals surface area contributed by atoms with E-state index in [1.54, 1.807) is 14.2 Å². The summed E-state index contributed by atoms with van der Waals surface area (Å²) in [5, 5.41) is 7.12. The Bertz CT molecular complexity index is 1310. The summed E-state index contributed by atoms with van der Waals surface area (Å²) in [6.45, 7) is 2.01. The maximum Gasteiger partial charge on any atom is 0.490 e. The number of carboxylic acids is 1. The van der Waals surface area contributed by atoms with Crippen LogP contribution in [0.15, 0.2) is 77.8 Å². The van der Waals surface area contributed by atoms with Gasteiger partial charge >= 0.3 is 12.1 Å². The number of rotatable bonds is 4. The zero-order chi connectivity index (χ0) is 26.7. The number of guanidine groups is 1. The number of carbonyl (C=O) groups excluding carboxylic acids is 1. The molecule has 3 N–H and O–H groups in total. The first-order valence-electron chi connectivity index (χ1n) is 10.7. The van der Waals surface area contributed by atoms with Gasteiger partial charge in [-0.2, -0.15) is 13.2 Å². The van der Waals surface area contributed by atoms with E-state index >= 15 is 0 Å². The second-order valence-electron chi connectivity index (χ2n) is 8.03. The standard InChI is InChI=1S/C24H23N3O2.C2HF3O2/c1-16-10-12-19(13-11-16)24(22(28)27(2)23(25)26-24)20-8-4-6-17(14-20)18-7-5-9-21(15-18)29-3;3-2(4,5)1(6)7/h4-15H,1-3H3,(H2,25,26);(H,6,7). The molecule has 0 radical (unpaired) electrons. The highest BCUT2D eigenvalue weighted by molar-refractivity contribution is 6.09. The number of hydrogen-bond acceptors (Lipinski definition) is 5. The number of carboxylic acid groups (broad SMARTS) is 1. The first-order chi connectivity index (χ1) is 16.9. The molecule has 0 bridgehead atoms. The molecule has 1 amide bonds. The highest BCUT2D eigenvalue weighted by Gasteiger charge is 2.49. The van der Waals surface area contributed by atoms with Gasteiger partial charge in [0.15, 0.2) is 11.5 Å². The quantitative estimate of drug-likeness (QED) is 0.556. The molecule has 1 aliphatic heterocycles. The molecule has 0 aliphatic carbocycles. The van der Waals surface area contributed by atoms with E-state index in [1.165, 1.54) is 4.90 Å². The van der Waals surface area contributed by atoms with Crippen molar-refractivity contribution >= 4 is 17.8 Å². The first-order valence-corrected chi connectivity index (χ1v) is 10.7. The fraction of sp³-hybridized carbons (Fsp3) is 0.192. The lowest BCUT2D eigenvalue weighted by Crippen LogP contribution is -2.41. The Morgan fingerprint density at radius 1 is 1.00 bits per heavy atom. The number of aliphatic carboxylic acids is 1. The van der Waals surface area contributed by atoms with E-state index in [2.05, 4.69) is 4.99 Å². The Balaban J connectivity index is 0.000000454. The number of methoxy groups -OCH3 is 1. The van der Waals surface area contributed by atoms with E-state index in [4.69, 9.17) is 20.4 Å². The summed E-state index contributed by atoms with van der Waals surface area (Å²) in [6.07, 6.45) is -5.08. The predicted octanol–water partition coefficient (Wildman–Crippen LogP) is 4.33. The first kappa shape index (κ1) is 26.3. The Morgan fingerprint density at radius 3 is 2.06 bits per heavy atom. The number of nitrogens with zero attached hydrogens (tertiary/aromatic N) is 2. The smallest absolute Gasteiger partial charge is 0.490 e. The van der Waals surface area contributed by atoms with Crippen LogP contribution >= 0.6 is 0 Å². The van der Waals surface area contributed by atoms with Crippen LogP contribution in [0.3, 0.4) is 0 Å². The maximum atomic E-state index is 13.4. The molecule has 0 aromatic heterocycles. The third-order valence-electron chi connectivity index (χ3n) is 5.64. The molecule has 10 heteroatoms. The molecular formula is C26H24F3N3O4. The van der Waals surface area contributed by atoms with E-state index in [1.807, 2.05) is 79.7 Å². The molecular weight excluding hydrogens is 475 g/mol. The SMILES string of the molecule is COc1cccc(-c2cccc(C3(c4ccc(C)cc4)N=C(N)N(C)C3=O)c2)c1.O=C(O)C(F)(F)F. The van der Waals surface area contributed by atoms with E-state index < -0.39 is 17.7 Å². The van der Waals surface area contributed by atoms with Crippen molar-refractivity contribution in [3.8, 4) is 16.9 Å². The summed E-state index contributed by atoms with van der Waals surface area (Å²) >= 11 is 0. The summed E-state index contributed by atoms with van der Waals surface area (Å²) in [5.41, 5.74) is 9.55. The van der Waals surface area contributed by atoms with Gasteiger partial charge in [0.05, 0.1) is 7.11 Å². The second kappa shape index (κ2) is 10.1. The van der Waals surface area contributed by atoms with Crippen LogP contribution in [0.25, 0.3) is 11.1 Å². The van der Waals surface area contributed by atoms with E-state index in [0.29, 0.717) is 0 Å². The van der Waals surface area contributed by atoms with Crippen LogP contribution in [0.1, 0.15) is 16.7 Å². The summed E-state index contributed by atoms with van der Waals surface area (Å²) < 4.78 is 37.1. The number of halogens is 3. The highest BCUT2D eigenvalue weighted by Crippen LogP contribution is 2.40. The maximum absolute atomic E-state index is 13.4. The average Bonchev–Trinajstić information content (AvgIpc) is 3.09. The molecule has 1 heterocycles. The summed E-state index contributed by atoms with van der Waals surface area (Å²) in [7, 11) is 3.30. The van der Waals surface area contributed by atoms with Crippen LogP contribution in [0.5, 0.6) is 5.75 Å². The van der Waals surface area contributed by atoms with Crippen molar-refractivity contribution in [3.63, 3.8) is 0 Å². The lowest BCUT2D eigenvalue weighted by molar-refractivity contribution is -0.192. The van der Waals surface area contributed by atoms with Gasteiger partial charge in [-0.25, -0.2) is 9.79 Å². The van der Waals surface area contributed by atoms with Gasteiger partial charge < -0.3 is 15.6 Å². The van der Waals surface area contributed by atoms with Crippen LogP contribution in [0, 0.1) is 6.92 Å². The fourth-order valence-corrected chi connectivity index (χ4v) is 3.71. The molecule has 4 rings (SSSR count). The number of ether oxygens (including phenoxy) is 1. The second-order valence-corrected chi connectivity index (χ2v) is 8.03. The number of amides is 1. The Labute approximate surface area is 205 Å². The molecule has 0 saturated carbocycles. The van der Waals surface area contributed by atoms with Gasteiger partial charge in [-0.15, -0.1) is 0 Å². The topological polar surface area (TPSA) is 105 Å². The molecule has 36 heavy (non-hydrogen) atoms. The molecule has 7 nitrogen and oxygen atoms in total. The average molecular weight is 499 g/mol. The Hall–Kier alpha value is -4.34. The largest absolute Gasteiger partial charge is 0.497 e. The molecule has 188 valence electrons. The third-order valence-corrected chi connectivity index (χ3v) is 5.64. The van der Waals surface area contributed by atoms with Gasteiger partial charge in [-0.1, -0.05) is 60.2 Å². The molecule has 3 aromatic rings. The minimum Gasteiger partial charge on any atom is -0.497 e. The molecule has 0 spiro atoms. The van der Waals surface area contributed by atoms with Gasteiger partial charge in [-0.05, 0) is 47.4 Å². The van der Waals surface area contributed by atoms with Crippen molar-refractivity contribution in [1.29, 1.82) is 0 Å². The minimum atomic E-state index is -5.08. The van der Waals surface area contributed by atoms with Crippen LogP contribution in [-0.2, 0) is 15.1 Å². The zero-order valence-corrected chi connectivity index (χ0v) is 19.7. The van der Waals surface area contributed by atoms with Crippen LogP contribution < -0.4 is 10.5 Å². The number of aryl methyl sites for hydroxylation is 1. The van der Waals surface area contributed by atoms with Crippen LogP contribution in [-0.4, -0.2) is 48.2 Å². The number of likely N-dealkylation sites (N-methyl/N-ethyl adjacent to an activating group) is 1. The van der Waals surface area contributed by atoms with Crippen molar-refractivity contribution in [2.24, 2.45) is 10.7 Å². The number of nitrogens with two attached hydrogens (primary N) is 1. The van der Waals surface area contributed by atoms with Crippen molar-refractivity contribution in [3.05, 3.63) is 89.5 Å². The molecule has 1 aliphatic rings. The van der Waals surface area contributed by atoms with Crippen LogP contribution in [0.2, 0.25) is 0 Å². The van der Waals surface area contributed by atoms with Gasteiger partial charge in [0.2, 0.25) is 0 Å². The van der Waals surface area contributed by atoms with Crippen molar-refractivity contribution in [2.45, 2.75) is 18.6 Å². The number of benzene rings is 3. The molecule has 0 fully saturated rings. The number of hydrogen-bond donors (Lipinski definition) is 2. The normalized spacial score (nSPS) is 17.2. The number of alkyl halides is 3. The van der Waals surface area contributed by atoms with Gasteiger partial charge in [0, 0.05) is 7.05 Å². The van der Waals surface area contributed by atoms with Crippen molar-refractivity contribution < 1.29 is 32.6 Å². The zero-order valence-electron chi connectivity index (χ0n) is 19.7. The molecule has 3 aromatic carbocycles.